The molecular formula is C15H22BrNO2. The normalized spacial score (nSPS) is 10.9. The molecule has 0 spiro atoms. The van der Waals surface area contributed by atoms with Gasteiger partial charge in [-0.2, -0.15) is 0 Å². The van der Waals surface area contributed by atoms with Crippen molar-refractivity contribution in [1.29, 1.82) is 0 Å². The first-order valence-electron chi connectivity index (χ1n) is 6.50. The molecule has 1 amide bonds. The summed E-state index contributed by atoms with van der Waals surface area (Å²) in [6.07, 6.45) is 0. The second-order valence-corrected chi connectivity index (χ2v) is 6.14. The van der Waals surface area contributed by atoms with Gasteiger partial charge in [-0.3, -0.25) is 4.79 Å². The molecule has 0 aromatic heterocycles. The van der Waals surface area contributed by atoms with Crippen molar-refractivity contribution in [2.24, 2.45) is 0 Å². The number of rotatable bonds is 5. The number of benzene rings is 1. The van der Waals surface area contributed by atoms with Gasteiger partial charge < -0.3 is 9.64 Å². The van der Waals surface area contributed by atoms with Crippen LogP contribution in [0.4, 0.5) is 0 Å². The van der Waals surface area contributed by atoms with Crippen LogP contribution >= 0.6 is 15.9 Å². The molecule has 0 unspecified atom stereocenters. The Hall–Kier alpha value is -1.03. The van der Waals surface area contributed by atoms with Crippen molar-refractivity contribution in [1.82, 2.24) is 4.90 Å². The van der Waals surface area contributed by atoms with Gasteiger partial charge in [0.25, 0.3) is 5.91 Å². The molecule has 0 fully saturated rings. The Morgan fingerprint density at radius 3 is 2.47 bits per heavy atom. The van der Waals surface area contributed by atoms with E-state index in [0.717, 1.165) is 15.8 Å². The maximum absolute atomic E-state index is 11.9. The van der Waals surface area contributed by atoms with E-state index in [-0.39, 0.29) is 18.6 Å². The first kappa shape index (κ1) is 16.0. The van der Waals surface area contributed by atoms with Crippen LogP contribution in [0.1, 0.15) is 39.2 Å². The van der Waals surface area contributed by atoms with Crippen molar-refractivity contribution in [2.45, 2.75) is 39.7 Å². The smallest absolute Gasteiger partial charge is 0.260 e. The predicted molar refractivity (Wildman–Crippen MR) is 81.6 cm³/mol. The van der Waals surface area contributed by atoms with Gasteiger partial charge in [0.1, 0.15) is 5.75 Å². The predicted octanol–water partition coefficient (Wildman–Crippen LogP) is 3.82. The van der Waals surface area contributed by atoms with E-state index >= 15 is 0 Å². The molecule has 0 atom stereocenters. The number of amides is 1. The highest BCUT2D eigenvalue weighted by molar-refractivity contribution is 9.10. The Bertz CT molecular complexity index is 444. The van der Waals surface area contributed by atoms with Gasteiger partial charge in [0.05, 0.1) is 0 Å². The largest absolute Gasteiger partial charge is 0.483 e. The summed E-state index contributed by atoms with van der Waals surface area (Å²) in [7, 11) is 1.79. The molecule has 0 saturated carbocycles. The van der Waals surface area contributed by atoms with E-state index in [9.17, 15) is 4.79 Å². The van der Waals surface area contributed by atoms with Crippen LogP contribution in [0.2, 0.25) is 0 Å². The summed E-state index contributed by atoms with van der Waals surface area (Å²) in [5.41, 5.74) is 1.11. The Morgan fingerprint density at radius 1 is 1.32 bits per heavy atom. The minimum atomic E-state index is -0.00683. The molecule has 0 radical (unpaired) electrons. The van der Waals surface area contributed by atoms with E-state index in [1.807, 2.05) is 32.0 Å². The number of halogens is 1. The van der Waals surface area contributed by atoms with Crippen molar-refractivity contribution in [3.63, 3.8) is 0 Å². The third-order valence-corrected chi connectivity index (χ3v) is 3.61. The fourth-order valence-corrected chi connectivity index (χ4v) is 2.01. The lowest BCUT2D eigenvalue weighted by molar-refractivity contribution is -0.133. The minimum absolute atomic E-state index is 0.00683. The standard InChI is InChI=1S/C15H22BrNO2/c1-10(2)13-8-12(16)6-7-14(13)19-9-15(18)17(5)11(3)4/h6-8,10-11H,9H2,1-5H3. The summed E-state index contributed by atoms with van der Waals surface area (Å²) >= 11 is 3.46. The Kier molecular flexibility index (Phi) is 5.85. The average molecular weight is 328 g/mol. The molecular weight excluding hydrogens is 306 g/mol. The molecule has 4 heteroatoms. The lowest BCUT2D eigenvalue weighted by atomic mass is 10.0. The highest BCUT2D eigenvalue weighted by atomic mass is 79.9. The van der Waals surface area contributed by atoms with E-state index in [2.05, 4.69) is 29.8 Å². The molecule has 0 saturated heterocycles. The van der Waals surface area contributed by atoms with Crippen LogP contribution in [0, 0.1) is 0 Å². The van der Waals surface area contributed by atoms with Crippen LogP contribution in [-0.2, 0) is 4.79 Å². The van der Waals surface area contributed by atoms with Crippen molar-refractivity contribution in [3.8, 4) is 5.75 Å². The maximum Gasteiger partial charge on any atom is 0.260 e. The number of carbonyl (C=O) groups excluding carboxylic acids is 1. The van der Waals surface area contributed by atoms with Gasteiger partial charge in [0, 0.05) is 17.6 Å². The first-order chi connectivity index (χ1) is 8.82. The van der Waals surface area contributed by atoms with Gasteiger partial charge >= 0.3 is 0 Å². The number of hydrogen-bond acceptors (Lipinski definition) is 2. The number of nitrogens with zero attached hydrogens (tertiary/aromatic N) is 1. The number of hydrogen-bond donors (Lipinski definition) is 0. The van der Waals surface area contributed by atoms with Gasteiger partial charge in [-0.15, -0.1) is 0 Å². The van der Waals surface area contributed by atoms with E-state index in [0.29, 0.717) is 5.92 Å². The molecule has 3 nitrogen and oxygen atoms in total. The van der Waals surface area contributed by atoms with Crippen molar-refractivity contribution in [3.05, 3.63) is 28.2 Å². The summed E-state index contributed by atoms with van der Waals surface area (Å²) in [6, 6.07) is 6.06. The van der Waals surface area contributed by atoms with Crippen LogP contribution in [-0.4, -0.2) is 30.5 Å². The first-order valence-corrected chi connectivity index (χ1v) is 7.30. The fraction of sp³-hybridized carbons (Fsp3) is 0.533. The zero-order valence-corrected chi connectivity index (χ0v) is 13.8. The lowest BCUT2D eigenvalue weighted by Crippen LogP contribution is -2.36. The maximum atomic E-state index is 11.9. The monoisotopic (exact) mass is 327 g/mol. The molecule has 1 aromatic rings. The summed E-state index contributed by atoms with van der Waals surface area (Å²) < 4.78 is 6.70. The summed E-state index contributed by atoms with van der Waals surface area (Å²) in [4.78, 5) is 13.6. The topological polar surface area (TPSA) is 29.5 Å². The second kappa shape index (κ2) is 6.94. The van der Waals surface area contributed by atoms with Crippen molar-refractivity contribution >= 4 is 21.8 Å². The van der Waals surface area contributed by atoms with Gasteiger partial charge in [-0.25, -0.2) is 0 Å². The van der Waals surface area contributed by atoms with E-state index in [1.165, 1.54) is 0 Å². The van der Waals surface area contributed by atoms with Crippen LogP contribution in [0.25, 0.3) is 0 Å². The SMILES string of the molecule is CC(C)c1cc(Br)ccc1OCC(=O)N(C)C(C)C. The molecule has 0 bridgehead atoms. The molecule has 0 heterocycles. The summed E-state index contributed by atoms with van der Waals surface area (Å²) in [5, 5.41) is 0. The Balaban J connectivity index is 2.75. The third kappa shape index (κ3) is 4.53. The number of carbonyl (C=O) groups is 1. The van der Waals surface area contributed by atoms with Crippen LogP contribution in [0.15, 0.2) is 22.7 Å². The molecule has 1 rings (SSSR count). The van der Waals surface area contributed by atoms with E-state index in [1.54, 1.807) is 11.9 Å². The number of ether oxygens (including phenoxy) is 1. The Labute approximate surface area is 124 Å². The second-order valence-electron chi connectivity index (χ2n) is 5.22. The van der Waals surface area contributed by atoms with Gasteiger partial charge in [0.15, 0.2) is 6.61 Å². The Morgan fingerprint density at radius 2 is 1.95 bits per heavy atom. The van der Waals surface area contributed by atoms with Crippen LogP contribution in [0.5, 0.6) is 5.75 Å². The summed E-state index contributed by atoms with van der Waals surface area (Å²) in [5.74, 6) is 1.13. The van der Waals surface area contributed by atoms with E-state index in [4.69, 9.17) is 4.74 Å². The fourth-order valence-electron chi connectivity index (χ4n) is 1.63. The average Bonchev–Trinajstić information content (AvgIpc) is 2.35. The number of likely N-dealkylation sites (N-methyl/N-ethyl adjacent to an activating group) is 1. The lowest BCUT2D eigenvalue weighted by Gasteiger charge is -2.22. The van der Waals surface area contributed by atoms with Gasteiger partial charge in [0.2, 0.25) is 0 Å². The quantitative estimate of drug-likeness (QED) is 0.822. The molecule has 0 aliphatic heterocycles. The van der Waals surface area contributed by atoms with E-state index < -0.39 is 0 Å². The molecule has 0 N–H and O–H groups in total. The minimum Gasteiger partial charge on any atom is -0.483 e. The summed E-state index contributed by atoms with van der Waals surface area (Å²) in [6.45, 7) is 8.26. The highest BCUT2D eigenvalue weighted by Gasteiger charge is 2.14. The zero-order valence-electron chi connectivity index (χ0n) is 12.2. The molecule has 0 aliphatic carbocycles. The van der Waals surface area contributed by atoms with Crippen LogP contribution < -0.4 is 4.74 Å². The van der Waals surface area contributed by atoms with Crippen LogP contribution in [0.3, 0.4) is 0 Å². The van der Waals surface area contributed by atoms with Crippen molar-refractivity contribution in [2.75, 3.05) is 13.7 Å². The third-order valence-electron chi connectivity index (χ3n) is 3.11. The van der Waals surface area contributed by atoms with Gasteiger partial charge in [-0.05, 0) is 43.5 Å². The molecule has 19 heavy (non-hydrogen) atoms. The highest BCUT2D eigenvalue weighted by Crippen LogP contribution is 2.29. The molecule has 0 aliphatic rings. The molecule has 1 aromatic carbocycles. The zero-order chi connectivity index (χ0) is 14.6. The molecule has 106 valence electrons. The van der Waals surface area contributed by atoms with Crippen molar-refractivity contribution < 1.29 is 9.53 Å². The van der Waals surface area contributed by atoms with Gasteiger partial charge in [-0.1, -0.05) is 29.8 Å².